The first-order chi connectivity index (χ1) is 11.2. The lowest BCUT2D eigenvalue weighted by Gasteiger charge is -2.06. The number of hydrogen-bond acceptors (Lipinski definition) is 3. The molecule has 1 amide bonds. The van der Waals surface area contributed by atoms with Crippen LogP contribution in [0.4, 0.5) is 0 Å². The predicted octanol–water partition coefficient (Wildman–Crippen LogP) is 3.02. The van der Waals surface area contributed by atoms with Crippen molar-refractivity contribution < 1.29 is 14.3 Å². The number of benzene rings is 2. The fourth-order valence-corrected chi connectivity index (χ4v) is 2.54. The van der Waals surface area contributed by atoms with Crippen LogP contribution in [0, 0.1) is 6.92 Å². The maximum absolute atomic E-state index is 11.9. The zero-order valence-corrected chi connectivity index (χ0v) is 13.3. The molecular formula is C19H21NO3. The van der Waals surface area contributed by atoms with Crippen molar-refractivity contribution in [1.29, 1.82) is 0 Å². The number of hydrogen-bond donors (Lipinski definition) is 1. The highest BCUT2D eigenvalue weighted by Crippen LogP contribution is 2.32. The smallest absolute Gasteiger partial charge is 0.231 e. The van der Waals surface area contributed by atoms with Crippen molar-refractivity contribution in [2.24, 2.45) is 0 Å². The van der Waals surface area contributed by atoms with E-state index >= 15 is 0 Å². The van der Waals surface area contributed by atoms with E-state index in [0.717, 1.165) is 29.9 Å². The van der Waals surface area contributed by atoms with Crippen molar-refractivity contribution in [3.05, 3.63) is 59.2 Å². The largest absolute Gasteiger partial charge is 0.454 e. The number of aryl methyl sites for hydroxylation is 2. The SMILES string of the molecule is Cc1ccc(CCC(=O)NCCc2ccc3c(c2)OCO3)cc1. The molecule has 0 radical (unpaired) electrons. The maximum Gasteiger partial charge on any atom is 0.231 e. The van der Waals surface area contributed by atoms with Gasteiger partial charge in [-0.15, -0.1) is 0 Å². The van der Waals surface area contributed by atoms with Gasteiger partial charge in [-0.2, -0.15) is 0 Å². The van der Waals surface area contributed by atoms with Gasteiger partial charge in [0, 0.05) is 13.0 Å². The third kappa shape index (κ3) is 4.25. The summed E-state index contributed by atoms with van der Waals surface area (Å²) in [5.41, 5.74) is 3.57. The van der Waals surface area contributed by atoms with Crippen LogP contribution in [0.15, 0.2) is 42.5 Å². The first-order valence-corrected chi connectivity index (χ1v) is 7.91. The summed E-state index contributed by atoms with van der Waals surface area (Å²) >= 11 is 0. The molecule has 0 bridgehead atoms. The molecule has 1 aliphatic heterocycles. The van der Waals surface area contributed by atoms with E-state index in [1.807, 2.05) is 18.2 Å². The van der Waals surface area contributed by atoms with Gasteiger partial charge in [0.25, 0.3) is 0 Å². The molecular weight excluding hydrogens is 290 g/mol. The molecule has 4 nitrogen and oxygen atoms in total. The van der Waals surface area contributed by atoms with Crippen LogP contribution in [0.5, 0.6) is 11.5 Å². The zero-order valence-electron chi connectivity index (χ0n) is 13.3. The second-order valence-corrected chi connectivity index (χ2v) is 5.77. The van der Waals surface area contributed by atoms with E-state index in [1.54, 1.807) is 0 Å². The Morgan fingerprint density at radius 2 is 1.74 bits per heavy atom. The molecule has 0 unspecified atom stereocenters. The minimum atomic E-state index is 0.0892. The summed E-state index contributed by atoms with van der Waals surface area (Å²) in [6, 6.07) is 14.2. The first-order valence-electron chi connectivity index (χ1n) is 7.91. The third-order valence-corrected chi connectivity index (χ3v) is 3.93. The second-order valence-electron chi connectivity index (χ2n) is 5.77. The molecule has 2 aromatic rings. The molecule has 0 saturated carbocycles. The van der Waals surface area contributed by atoms with E-state index in [-0.39, 0.29) is 12.7 Å². The Morgan fingerprint density at radius 1 is 1.00 bits per heavy atom. The quantitative estimate of drug-likeness (QED) is 0.892. The molecule has 0 spiro atoms. The van der Waals surface area contributed by atoms with E-state index in [9.17, 15) is 4.79 Å². The molecule has 1 heterocycles. The van der Waals surface area contributed by atoms with Crippen LogP contribution in [0.1, 0.15) is 23.1 Å². The van der Waals surface area contributed by atoms with Gasteiger partial charge in [0.15, 0.2) is 11.5 Å². The predicted molar refractivity (Wildman–Crippen MR) is 88.8 cm³/mol. The van der Waals surface area contributed by atoms with Crippen LogP contribution in [0.3, 0.4) is 0 Å². The summed E-state index contributed by atoms with van der Waals surface area (Å²) in [4.78, 5) is 11.9. The van der Waals surface area contributed by atoms with E-state index < -0.39 is 0 Å². The van der Waals surface area contributed by atoms with Crippen LogP contribution in [-0.2, 0) is 17.6 Å². The number of amides is 1. The van der Waals surface area contributed by atoms with Crippen LogP contribution < -0.4 is 14.8 Å². The Balaban J connectivity index is 1.40. The normalized spacial score (nSPS) is 12.2. The van der Waals surface area contributed by atoms with Gasteiger partial charge in [-0.25, -0.2) is 0 Å². The molecule has 0 fully saturated rings. The molecule has 2 aromatic carbocycles. The molecule has 23 heavy (non-hydrogen) atoms. The van der Waals surface area contributed by atoms with Crippen LogP contribution in [-0.4, -0.2) is 19.2 Å². The fraction of sp³-hybridized carbons (Fsp3) is 0.316. The molecule has 120 valence electrons. The lowest BCUT2D eigenvalue weighted by atomic mass is 10.1. The van der Waals surface area contributed by atoms with Gasteiger partial charge in [0.2, 0.25) is 12.7 Å². The van der Waals surface area contributed by atoms with Gasteiger partial charge in [-0.05, 0) is 43.0 Å². The summed E-state index contributed by atoms with van der Waals surface area (Å²) < 4.78 is 10.6. The molecule has 1 aliphatic rings. The van der Waals surface area contributed by atoms with Gasteiger partial charge in [0.05, 0.1) is 0 Å². The van der Waals surface area contributed by atoms with Crippen LogP contribution in [0.2, 0.25) is 0 Å². The molecule has 0 saturated heterocycles. The van der Waals surface area contributed by atoms with Crippen molar-refractivity contribution in [3.8, 4) is 11.5 Å². The summed E-state index contributed by atoms with van der Waals surface area (Å²) in [6.07, 6.45) is 2.08. The highest BCUT2D eigenvalue weighted by molar-refractivity contribution is 5.76. The first kappa shape index (κ1) is 15.4. The number of carbonyl (C=O) groups excluding carboxylic acids is 1. The lowest BCUT2D eigenvalue weighted by Crippen LogP contribution is -2.25. The maximum atomic E-state index is 11.9. The average molecular weight is 311 g/mol. The van der Waals surface area contributed by atoms with Crippen molar-refractivity contribution in [1.82, 2.24) is 5.32 Å². The van der Waals surface area contributed by atoms with Crippen molar-refractivity contribution in [2.75, 3.05) is 13.3 Å². The minimum absolute atomic E-state index is 0.0892. The van der Waals surface area contributed by atoms with Crippen LogP contribution >= 0.6 is 0 Å². The van der Waals surface area contributed by atoms with Gasteiger partial charge >= 0.3 is 0 Å². The molecule has 0 atom stereocenters. The molecule has 0 aliphatic carbocycles. The van der Waals surface area contributed by atoms with Crippen LogP contribution in [0.25, 0.3) is 0 Å². The lowest BCUT2D eigenvalue weighted by molar-refractivity contribution is -0.121. The van der Waals surface area contributed by atoms with Crippen molar-refractivity contribution in [2.45, 2.75) is 26.2 Å². The number of rotatable bonds is 6. The molecule has 3 rings (SSSR count). The Morgan fingerprint density at radius 3 is 2.57 bits per heavy atom. The van der Waals surface area contributed by atoms with Gasteiger partial charge < -0.3 is 14.8 Å². The average Bonchev–Trinajstić information content (AvgIpc) is 3.02. The van der Waals surface area contributed by atoms with E-state index in [2.05, 4.69) is 36.5 Å². The monoisotopic (exact) mass is 311 g/mol. The van der Waals surface area contributed by atoms with E-state index in [4.69, 9.17) is 9.47 Å². The Kier molecular flexibility index (Phi) is 4.81. The highest BCUT2D eigenvalue weighted by Gasteiger charge is 2.13. The third-order valence-electron chi connectivity index (χ3n) is 3.93. The molecule has 4 heteroatoms. The van der Waals surface area contributed by atoms with E-state index in [1.165, 1.54) is 11.1 Å². The van der Waals surface area contributed by atoms with E-state index in [0.29, 0.717) is 13.0 Å². The minimum Gasteiger partial charge on any atom is -0.454 e. The highest BCUT2D eigenvalue weighted by atomic mass is 16.7. The zero-order chi connectivity index (χ0) is 16.1. The number of fused-ring (bicyclic) bond motifs is 1. The summed E-state index contributed by atoms with van der Waals surface area (Å²) in [5, 5.41) is 2.97. The number of nitrogens with one attached hydrogen (secondary N) is 1. The molecule has 0 aromatic heterocycles. The number of carbonyl (C=O) groups is 1. The Labute approximate surface area is 136 Å². The van der Waals surface area contributed by atoms with Gasteiger partial charge in [-0.3, -0.25) is 4.79 Å². The van der Waals surface area contributed by atoms with Gasteiger partial charge in [-0.1, -0.05) is 35.9 Å². The topological polar surface area (TPSA) is 47.6 Å². The Bertz CT molecular complexity index is 680. The standard InChI is InChI=1S/C19H21NO3/c1-14-2-4-15(5-3-14)7-9-19(21)20-11-10-16-6-8-17-18(12-16)23-13-22-17/h2-6,8,12H,7,9-11,13H2,1H3,(H,20,21). The Hall–Kier alpha value is -2.49. The molecule has 1 N–H and O–H groups in total. The summed E-state index contributed by atoms with van der Waals surface area (Å²) in [7, 11) is 0. The van der Waals surface area contributed by atoms with Crippen molar-refractivity contribution >= 4 is 5.91 Å². The summed E-state index contributed by atoms with van der Waals surface area (Å²) in [6.45, 7) is 2.98. The fourth-order valence-electron chi connectivity index (χ4n) is 2.54. The van der Waals surface area contributed by atoms with Gasteiger partial charge in [0.1, 0.15) is 0 Å². The second kappa shape index (κ2) is 7.18. The summed E-state index contributed by atoms with van der Waals surface area (Å²) in [5.74, 6) is 1.66. The number of ether oxygens (including phenoxy) is 2. The van der Waals surface area contributed by atoms with Crippen molar-refractivity contribution in [3.63, 3.8) is 0 Å².